The van der Waals surface area contributed by atoms with E-state index in [0.29, 0.717) is 6.42 Å². The van der Waals surface area contributed by atoms with Crippen molar-refractivity contribution < 1.29 is 14.9 Å². The van der Waals surface area contributed by atoms with Crippen molar-refractivity contribution in [1.29, 1.82) is 0 Å². The third-order valence-electron chi connectivity index (χ3n) is 3.80. The van der Waals surface area contributed by atoms with Crippen LogP contribution in [0.15, 0.2) is 0 Å². The summed E-state index contributed by atoms with van der Waals surface area (Å²) in [4.78, 5) is 0. The fraction of sp³-hybridized carbons (Fsp3) is 1.00. The Morgan fingerprint density at radius 1 is 1.38 bits per heavy atom. The number of hydrogen-bond donors (Lipinski definition) is 2. The number of ether oxygens (including phenoxy) is 1. The lowest BCUT2D eigenvalue weighted by Crippen LogP contribution is -2.48. The summed E-state index contributed by atoms with van der Waals surface area (Å²) in [6, 6.07) is 0. The maximum atomic E-state index is 9.99. The molecular weight excluding hydrogens is 168 g/mol. The molecule has 0 aromatic rings. The van der Waals surface area contributed by atoms with E-state index in [1.54, 1.807) is 13.8 Å². The fourth-order valence-corrected chi connectivity index (χ4v) is 2.59. The summed E-state index contributed by atoms with van der Waals surface area (Å²) in [6.07, 6.45) is 1.84. The van der Waals surface area contributed by atoms with Crippen LogP contribution >= 0.6 is 0 Å². The lowest BCUT2D eigenvalue weighted by Gasteiger charge is -2.37. The van der Waals surface area contributed by atoms with E-state index >= 15 is 0 Å². The van der Waals surface area contributed by atoms with Gasteiger partial charge in [-0.1, -0.05) is 0 Å². The number of fused-ring (bicyclic) bond motifs is 2. The van der Waals surface area contributed by atoms with E-state index in [9.17, 15) is 10.2 Å². The van der Waals surface area contributed by atoms with Gasteiger partial charge in [-0.05, 0) is 33.6 Å². The SMILES string of the molecule is CC12CCC(C(C)(C)O)(CC1O)O2. The second kappa shape index (κ2) is 2.27. The van der Waals surface area contributed by atoms with Gasteiger partial charge in [0.05, 0.1) is 22.9 Å². The fourth-order valence-electron chi connectivity index (χ4n) is 2.59. The summed E-state index contributed by atoms with van der Waals surface area (Å²) >= 11 is 0. The zero-order valence-corrected chi connectivity index (χ0v) is 8.50. The topological polar surface area (TPSA) is 49.7 Å². The maximum absolute atomic E-state index is 9.99. The number of aliphatic hydroxyl groups is 2. The largest absolute Gasteiger partial charge is 0.390 e. The lowest BCUT2D eigenvalue weighted by molar-refractivity contribution is -0.151. The van der Waals surface area contributed by atoms with Gasteiger partial charge in [-0.3, -0.25) is 0 Å². The van der Waals surface area contributed by atoms with Crippen LogP contribution < -0.4 is 0 Å². The molecule has 2 rings (SSSR count). The highest BCUT2D eigenvalue weighted by molar-refractivity contribution is 5.13. The summed E-state index contributed by atoms with van der Waals surface area (Å²) in [5.41, 5.74) is -1.79. The van der Waals surface area contributed by atoms with Crippen LogP contribution in [0.4, 0.5) is 0 Å². The second-order valence-electron chi connectivity index (χ2n) is 5.19. The molecule has 2 N–H and O–H groups in total. The first-order chi connectivity index (χ1) is 5.79. The Hall–Kier alpha value is -0.120. The van der Waals surface area contributed by atoms with Crippen molar-refractivity contribution in [2.45, 2.75) is 62.9 Å². The van der Waals surface area contributed by atoms with Crippen LogP contribution in [0.2, 0.25) is 0 Å². The molecule has 0 saturated carbocycles. The maximum Gasteiger partial charge on any atom is 0.0998 e. The number of rotatable bonds is 1. The first kappa shape index (κ1) is 9.44. The molecule has 2 aliphatic heterocycles. The molecule has 2 bridgehead atoms. The summed E-state index contributed by atoms with van der Waals surface area (Å²) < 4.78 is 5.82. The summed E-state index contributed by atoms with van der Waals surface area (Å²) in [5, 5.41) is 19.8. The normalized spacial score (nSPS) is 50.1. The van der Waals surface area contributed by atoms with Crippen molar-refractivity contribution in [3.63, 3.8) is 0 Å². The minimum atomic E-state index is -0.859. The molecule has 2 heterocycles. The second-order valence-corrected chi connectivity index (χ2v) is 5.19. The van der Waals surface area contributed by atoms with E-state index in [1.165, 1.54) is 0 Å². The molecule has 3 nitrogen and oxygen atoms in total. The molecule has 0 spiro atoms. The number of hydrogen-bond acceptors (Lipinski definition) is 3. The highest BCUT2D eigenvalue weighted by Crippen LogP contribution is 2.54. The molecule has 76 valence electrons. The molecule has 3 heteroatoms. The Morgan fingerprint density at radius 3 is 2.23 bits per heavy atom. The molecule has 0 amide bonds. The van der Waals surface area contributed by atoms with Gasteiger partial charge < -0.3 is 14.9 Å². The molecular formula is C10H18O3. The van der Waals surface area contributed by atoms with E-state index in [0.717, 1.165) is 12.8 Å². The Labute approximate surface area is 78.7 Å². The Kier molecular flexibility index (Phi) is 1.65. The van der Waals surface area contributed by atoms with Crippen molar-refractivity contribution in [3.05, 3.63) is 0 Å². The summed E-state index contributed by atoms with van der Waals surface area (Å²) in [7, 11) is 0. The van der Waals surface area contributed by atoms with Gasteiger partial charge in [0.2, 0.25) is 0 Å². The van der Waals surface area contributed by atoms with Gasteiger partial charge in [-0.15, -0.1) is 0 Å². The molecule has 0 aliphatic carbocycles. The van der Waals surface area contributed by atoms with Gasteiger partial charge in [-0.25, -0.2) is 0 Å². The van der Waals surface area contributed by atoms with Crippen LogP contribution in [-0.2, 0) is 4.74 Å². The Morgan fingerprint density at radius 2 is 2.00 bits per heavy atom. The van der Waals surface area contributed by atoms with Gasteiger partial charge in [0.15, 0.2) is 0 Å². The van der Waals surface area contributed by atoms with Crippen molar-refractivity contribution in [2.75, 3.05) is 0 Å². The predicted molar refractivity (Wildman–Crippen MR) is 48.4 cm³/mol. The Bertz CT molecular complexity index is 233. The molecule has 3 unspecified atom stereocenters. The van der Waals surface area contributed by atoms with Gasteiger partial charge in [-0.2, -0.15) is 0 Å². The third kappa shape index (κ3) is 1.07. The van der Waals surface area contributed by atoms with Crippen LogP contribution in [0.1, 0.15) is 40.0 Å². The monoisotopic (exact) mass is 186 g/mol. The average Bonchev–Trinajstić information content (AvgIpc) is 2.39. The quantitative estimate of drug-likeness (QED) is 0.637. The van der Waals surface area contributed by atoms with Crippen molar-refractivity contribution in [2.24, 2.45) is 0 Å². The van der Waals surface area contributed by atoms with Crippen molar-refractivity contribution in [1.82, 2.24) is 0 Å². The van der Waals surface area contributed by atoms with Crippen LogP contribution in [0.25, 0.3) is 0 Å². The van der Waals surface area contributed by atoms with Gasteiger partial charge in [0.25, 0.3) is 0 Å². The molecule has 2 fully saturated rings. The molecule has 0 radical (unpaired) electrons. The first-order valence-corrected chi connectivity index (χ1v) is 4.90. The van der Waals surface area contributed by atoms with Gasteiger partial charge in [0, 0.05) is 6.42 Å². The van der Waals surface area contributed by atoms with E-state index in [1.807, 2.05) is 6.92 Å². The molecule has 3 atom stereocenters. The zero-order valence-electron chi connectivity index (χ0n) is 8.50. The minimum absolute atomic E-state index is 0.417. The molecule has 2 saturated heterocycles. The lowest BCUT2D eigenvalue weighted by atomic mass is 9.73. The van der Waals surface area contributed by atoms with Crippen molar-refractivity contribution >= 4 is 0 Å². The van der Waals surface area contributed by atoms with E-state index < -0.39 is 22.9 Å². The molecule has 0 aromatic heterocycles. The number of aliphatic hydroxyl groups excluding tert-OH is 1. The van der Waals surface area contributed by atoms with E-state index in [2.05, 4.69) is 0 Å². The van der Waals surface area contributed by atoms with E-state index in [-0.39, 0.29) is 0 Å². The van der Waals surface area contributed by atoms with Gasteiger partial charge in [0.1, 0.15) is 0 Å². The average molecular weight is 186 g/mol. The smallest absolute Gasteiger partial charge is 0.0998 e. The van der Waals surface area contributed by atoms with Crippen LogP contribution in [-0.4, -0.2) is 33.1 Å². The van der Waals surface area contributed by atoms with Crippen LogP contribution in [0, 0.1) is 0 Å². The molecule has 0 aromatic carbocycles. The van der Waals surface area contributed by atoms with Crippen LogP contribution in [0.3, 0.4) is 0 Å². The van der Waals surface area contributed by atoms with E-state index in [4.69, 9.17) is 4.74 Å². The highest BCUT2D eigenvalue weighted by Gasteiger charge is 2.63. The predicted octanol–water partition coefficient (Wildman–Crippen LogP) is 0.830. The summed E-state index contributed by atoms with van der Waals surface area (Å²) in [6.45, 7) is 5.45. The zero-order chi connectivity index (χ0) is 9.91. The Balaban J connectivity index is 2.31. The summed E-state index contributed by atoms with van der Waals surface area (Å²) in [5.74, 6) is 0. The van der Waals surface area contributed by atoms with Gasteiger partial charge >= 0.3 is 0 Å². The molecule has 13 heavy (non-hydrogen) atoms. The molecule has 2 aliphatic rings. The first-order valence-electron chi connectivity index (χ1n) is 4.90. The minimum Gasteiger partial charge on any atom is -0.390 e. The standard InChI is InChI=1S/C10H18O3/c1-8(2,12)10-5-4-9(3,13-10)7(11)6-10/h7,11-12H,4-6H2,1-3H3. The highest BCUT2D eigenvalue weighted by atomic mass is 16.6. The third-order valence-corrected chi connectivity index (χ3v) is 3.80. The van der Waals surface area contributed by atoms with Crippen LogP contribution in [0.5, 0.6) is 0 Å². The van der Waals surface area contributed by atoms with Crippen molar-refractivity contribution in [3.8, 4) is 0 Å².